The molecule has 1 aliphatic heterocycles. The lowest BCUT2D eigenvalue weighted by molar-refractivity contribution is 0.449. The third kappa shape index (κ3) is 2.92. The van der Waals surface area contributed by atoms with Crippen LogP contribution in [0, 0.1) is 11.8 Å². The Morgan fingerprint density at radius 3 is 2.60 bits per heavy atom. The van der Waals surface area contributed by atoms with Crippen LogP contribution in [0.25, 0.3) is 0 Å². The van der Waals surface area contributed by atoms with E-state index in [1.807, 2.05) is 7.05 Å². The van der Waals surface area contributed by atoms with Crippen LogP contribution >= 0.6 is 0 Å². The van der Waals surface area contributed by atoms with Crippen LogP contribution in [0.15, 0.2) is 0 Å². The van der Waals surface area contributed by atoms with Gasteiger partial charge in [-0.3, -0.25) is 0 Å². The van der Waals surface area contributed by atoms with Crippen LogP contribution in [0.1, 0.15) is 19.3 Å². The summed E-state index contributed by atoms with van der Waals surface area (Å²) in [5, 5.41) is 3.11. The third-order valence-electron chi connectivity index (χ3n) is 3.28. The fourth-order valence-corrected chi connectivity index (χ4v) is 4.15. The molecule has 0 amide bonds. The first kappa shape index (κ1) is 11.4. The van der Waals surface area contributed by atoms with E-state index in [0.717, 1.165) is 38.9 Å². The van der Waals surface area contributed by atoms with E-state index in [4.69, 9.17) is 0 Å². The Bertz CT molecular complexity index is 311. The Labute approximate surface area is 92.1 Å². The van der Waals surface area contributed by atoms with Crippen molar-refractivity contribution in [2.45, 2.75) is 19.3 Å². The standard InChI is InChI=1S/C10H20N2O2S/c1-11-6-10-4-5-12(7-10)15(13,14)8-9-2-3-9/h9-11H,2-8H2,1H3. The average Bonchev–Trinajstić information content (AvgIpc) is 2.82. The summed E-state index contributed by atoms with van der Waals surface area (Å²) in [6, 6.07) is 0. The molecule has 1 saturated carbocycles. The van der Waals surface area contributed by atoms with Crippen LogP contribution < -0.4 is 5.32 Å². The van der Waals surface area contributed by atoms with Gasteiger partial charge in [-0.05, 0) is 44.7 Å². The van der Waals surface area contributed by atoms with E-state index in [0.29, 0.717) is 17.6 Å². The van der Waals surface area contributed by atoms with Crippen molar-refractivity contribution in [2.75, 3.05) is 32.4 Å². The fraction of sp³-hybridized carbons (Fsp3) is 1.00. The highest BCUT2D eigenvalue weighted by molar-refractivity contribution is 7.89. The molecule has 2 fully saturated rings. The molecule has 1 heterocycles. The first-order valence-corrected chi connectivity index (χ1v) is 7.35. The zero-order chi connectivity index (χ0) is 10.9. The highest BCUT2D eigenvalue weighted by atomic mass is 32.2. The maximum absolute atomic E-state index is 11.9. The topological polar surface area (TPSA) is 49.4 Å². The second kappa shape index (κ2) is 4.39. The quantitative estimate of drug-likeness (QED) is 0.740. The number of nitrogens with zero attached hydrogens (tertiary/aromatic N) is 1. The lowest BCUT2D eigenvalue weighted by atomic mass is 10.1. The highest BCUT2D eigenvalue weighted by Crippen LogP contribution is 2.32. The van der Waals surface area contributed by atoms with Crippen LogP contribution in [-0.4, -0.2) is 45.2 Å². The molecule has 88 valence electrons. The van der Waals surface area contributed by atoms with Gasteiger partial charge < -0.3 is 5.32 Å². The Balaban J connectivity index is 1.88. The number of nitrogens with one attached hydrogen (secondary N) is 1. The Morgan fingerprint density at radius 1 is 1.27 bits per heavy atom. The van der Waals surface area contributed by atoms with Gasteiger partial charge in [0.2, 0.25) is 10.0 Å². The van der Waals surface area contributed by atoms with Crippen molar-refractivity contribution in [1.82, 2.24) is 9.62 Å². The van der Waals surface area contributed by atoms with Gasteiger partial charge in [0.05, 0.1) is 5.75 Å². The second-order valence-electron chi connectivity index (χ2n) is 4.79. The van der Waals surface area contributed by atoms with E-state index in [1.54, 1.807) is 4.31 Å². The number of hydrogen-bond acceptors (Lipinski definition) is 3. The molecule has 5 heteroatoms. The third-order valence-corrected chi connectivity index (χ3v) is 5.29. The van der Waals surface area contributed by atoms with Gasteiger partial charge in [0.1, 0.15) is 0 Å². The minimum absolute atomic E-state index is 0.388. The van der Waals surface area contributed by atoms with Crippen molar-refractivity contribution >= 4 is 10.0 Å². The van der Waals surface area contributed by atoms with E-state index >= 15 is 0 Å². The molecule has 0 radical (unpaired) electrons. The molecular formula is C10H20N2O2S. The fourth-order valence-electron chi connectivity index (χ4n) is 2.19. The first-order valence-electron chi connectivity index (χ1n) is 5.74. The van der Waals surface area contributed by atoms with E-state index in [2.05, 4.69) is 5.32 Å². The number of rotatable bonds is 5. The Kier molecular flexibility index (Phi) is 3.33. The molecule has 0 spiro atoms. The maximum atomic E-state index is 11.9. The Hall–Kier alpha value is -0.130. The van der Waals surface area contributed by atoms with Gasteiger partial charge in [0.25, 0.3) is 0 Å². The molecule has 1 atom stereocenters. The van der Waals surface area contributed by atoms with Crippen LogP contribution in [0.5, 0.6) is 0 Å². The smallest absolute Gasteiger partial charge is 0.214 e. The van der Waals surface area contributed by atoms with Crippen molar-refractivity contribution in [3.8, 4) is 0 Å². The number of hydrogen-bond donors (Lipinski definition) is 1. The summed E-state index contributed by atoms with van der Waals surface area (Å²) in [4.78, 5) is 0. The molecule has 1 unspecified atom stereocenters. The summed E-state index contributed by atoms with van der Waals surface area (Å²) in [7, 11) is -1.02. The van der Waals surface area contributed by atoms with Crippen LogP contribution in [-0.2, 0) is 10.0 Å². The van der Waals surface area contributed by atoms with Gasteiger partial charge in [-0.15, -0.1) is 0 Å². The van der Waals surface area contributed by atoms with Crippen LogP contribution in [0.3, 0.4) is 0 Å². The van der Waals surface area contributed by atoms with Gasteiger partial charge in [0, 0.05) is 13.1 Å². The highest BCUT2D eigenvalue weighted by Gasteiger charge is 2.35. The summed E-state index contributed by atoms with van der Waals surface area (Å²) < 4.78 is 25.6. The molecule has 1 aliphatic carbocycles. The number of sulfonamides is 1. The van der Waals surface area contributed by atoms with E-state index < -0.39 is 10.0 Å². The SMILES string of the molecule is CNCC1CCN(S(=O)(=O)CC2CC2)C1. The molecule has 0 bridgehead atoms. The molecule has 2 aliphatic rings. The molecule has 1 N–H and O–H groups in total. The molecule has 1 saturated heterocycles. The lowest BCUT2D eigenvalue weighted by Gasteiger charge is -2.16. The van der Waals surface area contributed by atoms with Gasteiger partial charge in [-0.2, -0.15) is 0 Å². The zero-order valence-corrected chi connectivity index (χ0v) is 10.1. The summed E-state index contributed by atoms with van der Waals surface area (Å²) in [6.45, 7) is 2.37. The van der Waals surface area contributed by atoms with E-state index in [9.17, 15) is 8.42 Å². The van der Waals surface area contributed by atoms with Gasteiger partial charge in [-0.25, -0.2) is 12.7 Å². The molecule has 0 aromatic rings. The molecule has 15 heavy (non-hydrogen) atoms. The van der Waals surface area contributed by atoms with Crippen molar-refractivity contribution < 1.29 is 8.42 Å². The Morgan fingerprint density at radius 2 is 2.00 bits per heavy atom. The molecular weight excluding hydrogens is 212 g/mol. The maximum Gasteiger partial charge on any atom is 0.214 e. The van der Waals surface area contributed by atoms with Gasteiger partial charge in [-0.1, -0.05) is 0 Å². The summed E-state index contributed by atoms with van der Waals surface area (Å²) in [5.41, 5.74) is 0. The average molecular weight is 232 g/mol. The lowest BCUT2D eigenvalue weighted by Crippen LogP contribution is -2.32. The predicted molar refractivity (Wildman–Crippen MR) is 60.1 cm³/mol. The first-order chi connectivity index (χ1) is 7.12. The predicted octanol–water partition coefficient (Wildman–Crippen LogP) is 0.267. The largest absolute Gasteiger partial charge is 0.319 e. The van der Waals surface area contributed by atoms with Crippen LogP contribution in [0.4, 0.5) is 0 Å². The molecule has 0 aromatic heterocycles. The van der Waals surface area contributed by atoms with Crippen molar-refractivity contribution in [1.29, 1.82) is 0 Å². The van der Waals surface area contributed by atoms with Crippen molar-refractivity contribution in [3.05, 3.63) is 0 Å². The minimum atomic E-state index is -2.94. The van der Waals surface area contributed by atoms with Crippen molar-refractivity contribution in [3.63, 3.8) is 0 Å². The molecule has 0 aromatic carbocycles. The molecule has 2 rings (SSSR count). The zero-order valence-electron chi connectivity index (χ0n) is 9.28. The van der Waals surface area contributed by atoms with Gasteiger partial charge >= 0.3 is 0 Å². The molecule has 4 nitrogen and oxygen atoms in total. The normalized spacial score (nSPS) is 28.5. The van der Waals surface area contributed by atoms with Crippen molar-refractivity contribution in [2.24, 2.45) is 11.8 Å². The van der Waals surface area contributed by atoms with E-state index in [1.165, 1.54) is 0 Å². The monoisotopic (exact) mass is 232 g/mol. The summed E-state index contributed by atoms with van der Waals surface area (Å²) in [6.07, 6.45) is 3.21. The van der Waals surface area contributed by atoms with Gasteiger partial charge in [0.15, 0.2) is 0 Å². The van der Waals surface area contributed by atoms with Crippen LogP contribution in [0.2, 0.25) is 0 Å². The second-order valence-corrected chi connectivity index (χ2v) is 6.81. The minimum Gasteiger partial charge on any atom is -0.319 e. The summed E-state index contributed by atoms with van der Waals surface area (Å²) in [5.74, 6) is 1.35. The summed E-state index contributed by atoms with van der Waals surface area (Å²) >= 11 is 0. The van der Waals surface area contributed by atoms with E-state index in [-0.39, 0.29) is 0 Å².